The lowest BCUT2D eigenvalue weighted by Gasteiger charge is -2.39. The van der Waals surface area contributed by atoms with Crippen molar-refractivity contribution in [3.05, 3.63) is 101 Å². The third kappa shape index (κ3) is 4.72. The molecule has 6 heteroatoms. The molecule has 1 aromatic heterocycles. The van der Waals surface area contributed by atoms with Crippen LogP contribution in [0.1, 0.15) is 33.2 Å². The molecule has 154 valence electrons. The zero-order chi connectivity index (χ0) is 20.9. The van der Waals surface area contributed by atoms with Crippen LogP contribution in [0.15, 0.2) is 72.9 Å². The van der Waals surface area contributed by atoms with E-state index in [0.717, 1.165) is 43.0 Å². The number of halogens is 1. The van der Waals surface area contributed by atoms with Crippen LogP contribution in [0.4, 0.5) is 4.39 Å². The standard InChI is InChI=1S/C24H24FN3O2/c25-21-8-4-7-19(15-21)23(18-5-2-1-3-6-18)28-13-11-27(12-14-28)17-22-16-20(24(29)30)9-10-26-22/h1-10,15-16,23H,11-14,17H2,(H,29,30). The van der Waals surface area contributed by atoms with Crippen LogP contribution >= 0.6 is 0 Å². The van der Waals surface area contributed by atoms with Crippen molar-refractivity contribution in [1.29, 1.82) is 0 Å². The number of carbonyl (C=O) groups is 1. The van der Waals surface area contributed by atoms with Gasteiger partial charge in [-0.1, -0.05) is 42.5 Å². The molecule has 1 N–H and O–H groups in total. The molecule has 1 aliphatic rings. The maximum atomic E-state index is 13.9. The average Bonchev–Trinajstić information content (AvgIpc) is 2.76. The molecule has 4 rings (SSSR count). The number of hydrogen-bond acceptors (Lipinski definition) is 4. The number of rotatable bonds is 6. The summed E-state index contributed by atoms with van der Waals surface area (Å²) in [5, 5.41) is 9.17. The van der Waals surface area contributed by atoms with Gasteiger partial charge in [-0.25, -0.2) is 9.18 Å². The maximum Gasteiger partial charge on any atom is 0.335 e. The number of nitrogens with zero attached hydrogens (tertiary/aromatic N) is 3. The number of pyridine rings is 1. The third-order valence-electron chi connectivity index (χ3n) is 5.50. The summed E-state index contributed by atoms with van der Waals surface area (Å²) < 4.78 is 13.9. The molecule has 1 saturated heterocycles. The fraction of sp³-hybridized carbons (Fsp3) is 0.250. The quantitative estimate of drug-likeness (QED) is 0.676. The molecule has 0 saturated carbocycles. The number of hydrogen-bond donors (Lipinski definition) is 1. The Morgan fingerprint density at radius 2 is 1.70 bits per heavy atom. The predicted octanol–water partition coefficient (Wildman–Crippen LogP) is 3.83. The van der Waals surface area contributed by atoms with E-state index in [2.05, 4.69) is 26.9 Å². The highest BCUT2D eigenvalue weighted by Gasteiger charge is 2.26. The van der Waals surface area contributed by atoms with Crippen LogP contribution in [0.25, 0.3) is 0 Å². The van der Waals surface area contributed by atoms with Gasteiger partial charge in [-0.3, -0.25) is 14.8 Å². The highest BCUT2D eigenvalue weighted by atomic mass is 19.1. The van der Waals surface area contributed by atoms with Crippen LogP contribution in [-0.2, 0) is 6.54 Å². The van der Waals surface area contributed by atoms with Gasteiger partial charge in [-0.2, -0.15) is 0 Å². The van der Waals surface area contributed by atoms with Crippen molar-refractivity contribution in [3.63, 3.8) is 0 Å². The van der Waals surface area contributed by atoms with E-state index in [4.69, 9.17) is 0 Å². The Balaban J connectivity index is 1.48. The molecule has 30 heavy (non-hydrogen) atoms. The fourth-order valence-electron chi connectivity index (χ4n) is 4.03. The van der Waals surface area contributed by atoms with E-state index in [0.29, 0.717) is 6.54 Å². The molecule has 1 fully saturated rings. The largest absolute Gasteiger partial charge is 0.478 e. The lowest BCUT2D eigenvalue weighted by atomic mass is 9.96. The molecule has 1 aliphatic heterocycles. The van der Waals surface area contributed by atoms with Crippen molar-refractivity contribution in [1.82, 2.24) is 14.8 Å². The van der Waals surface area contributed by atoms with E-state index in [1.165, 1.54) is 12.1 Å². The number of benzene rings is 2. The Labute approximate surface area is 175 Å². The summed E-state index contributed by atoms with van der Waals surface area (Å²) in [6, 6.07) is 20.2. The molecule has 0 radical (unpaired) electrons. The molecule has 2 aromatic carbocycles. The SMILES string of the molecule is O=C(O)c1ccnc(CN2CCN(C(c3ccccc3)c3cccc(F)c3)CC2)c1. The van der Waals surface area contributed by atoms with Crippen molar-refractivity contribution in [3.8, 4) is 0 Å². The first-order chi connectivity index (χ1) is 14.6. The van der Waals surface area contributed by atoms with E-state index in [9.17, 15) is 14.3 Å². The number of carboxylic acids is 1. The summed E-state index contributed by atoms with van der Waals surface area (Å²) in [6.07, 6.45) is 1.55. The Morgan fingerprint density at radius 3 is 2.40 bits per heavy atom. The molecule has 5 nitrogen and oxygen atoms in total. The summed E-state index contributed by atoms with van der Waals surface area (Å²) >= 11 is 0. The Morgan fingerprint density at radius 1 is 0.967 bits per heavy atom. The van der Waals surface area contributed by atoms with Crippen LogP contribution < -0.4 is 0 Å². The van der Waals surface area contributed by atoms with Crippen LogP contribution in [0, 0.1) is 5.82 Å². The Bertz CT molecular complexity index is 1000. The summed E-state index contributed by atoms with van der Waals surface area (Å²) in [6.45, 7) is 3.93. The molecule has 0 bridgehead atoms. The van der Waals surface area contributed by atoms with Crippen molar-refractivity contribution >= 4 is 5.97 Å². The lowest BCUT2D eigenvalue weighted by molar-refractivity contribution is 0.0696. The predicted molar refractivity (Wildman–Crippen MR) is 113 cm³/mol. The molecule has 3 aromatic rings. The number of aromatic nitrogens is 1. The first kappa shape index (κ1) is 20.2. The number of carboxylic acid groups (broad SMARTS) is 1. The molecular formula is C24H24FN3O2. The second-order valence-corrected chi connectivity index (χ2v) is 7.52. The van der Waals surface area contributed by atoms with Crippen LogP contribution in [-0.4, -0.2) is 52.0 Å². The van der Waals surface area contributed by atoms with E-state index in [-0.39, 0.29) is 17.4 Å². The normalized spacial score (nSPS) is 16.3. The van der Waals surface area contributed by atoms with Gasteiger partial charge in [0.1, 0.15) is 5.82 Å². The second-order valence-electron chi connectivity index (χ2n) is 7.52. The van der Waals surface area contributed by atoms with Gasteiger partial charge in [0, 0.05) is 38.9 Å². The van der Waals surface area contributed by atoms with Gasteiger partial charge in [0.25, 0.3) is 0 Å². The molecule has 0 aliphatic carbocycles. The van der Waals surface area contributed by atoms with Gasteiger partial charge in [0.05, 0.1) is 17.3 Å². The molecule has 0 amide bonds. The summed E-state index contributed by atoms with van der Waals surface area (Å²) in [7, 11) is 0. The van der Waals surface area contributed by atoms with Gasteiger partial charge >= 0.3 is 5.97 Å². The van der Waals surface area contributed by atoms with Crippen molar-refractivity contribution < 1.29 is 14.3 Å². The fourth-order valence-corrected chi connectivity index (χ4v) is 4.03. The molecule has 0 spiro atoms. The minimum Gasteiger partial charge on any atom is -0.478 e. The highest BCUT2D eigenvalue weighted by molar-refractivity contribution is 5.87. The third-order valence-corrected chi connectivity index (χ3v) is 5.50. The minimum absolute atomic E-state index is 0.00230. The highest BCUT2D eigenvalue weighted by Crippen LogP contribution is 2.30. The zero-order valence-electron chi connectivity index (χ0n) is 16.6. The van der Waals surface area contributed by atoms with Crippen molar-refractivity contribution in [2.75, 3.05) is 26.2 Å². The number of piperazine rings is 1. The van der Waals surface area contributed by atoms with Crippen LogP contribution in [0.5, 0.6) is 0 Å². The second kappa shape index (κ2) is 9.15. The van der Waals surface area contributed by atoms with Gasteiger partial charge in [-0.05, 0) is 35.4 Å². The van der Waals surface area contributed by atoms with Crippen LogP contribution in [0.3, 0.4) is 0 Å². The van der Waals surface area contributed by atoms with Gasteiger partial charge < -0.3 is 5.11 Å². The molecule has 1 atom stereocenters. The van der Waals surface area contributed by atoms with Crippen molar-refractivity contribution in [2.24, 2.45) is 0 Å². The first-order valence-electron chi connectivity index (χ1n) is 10.1. The smallest absolute Gasteiger partial charge is 0.335 e. The van der Waals surface area contributed by atoms with E-state index in [1.54, 1.807) is 24.4 Å². The molecular weight excluding hydrogens is 381 g/mol. The van der Waals surface area contributed by atoms with Gasteiger partial charge in [-0.15, -0.1) is 0 Å². The van der Waals surface area contributed by atoms with E-state index in [1.807, 2.05) is 24.3 Å². The van der Waals surface area contributed by atoms with Gasteiger partial charge in [0.15, 0.2) is 0 Å². The molecule has 2 heterocycles. The Hall–Kier alpha value is -3.09. The number of aromatic carboxylic acids is 1. The summed E-state index contributed by atoms with van der Waals surface area (Å²) in [4.78, 5) is 20.1. The van der Waals surface area contributed by atoms with E-state index < -0.39 is 5.97 Å². The summed E-state index contributed by atoms with van der Waals surface area (Å²) in [5.74, 6) is -1.17. The minimum atomic E-state index is -0.940. The lowest BCUT2D eigenvalue weighted by Crippen LogP contribution is -2.47. The zero-order valence-corrected chi connectivity index (χ0v) is 16.6. The van der Waals surface area contributed by atoms with Gasteiger partial charge in [0.2, 0.25) is 0 Å². The topological polar surface area (TPSA) is 56.7 Å². The monoisotopic (exact) mass is 405 g/mol. The first-order valence-corrected chi connectivity index (χ1v) is 10.1. The summed E-state index contributed by atoms with van der Waals surface area (Å²) in [5.41, 5.74) is 3.11. The van der Waals surface area contributed by atoms with Crippen LogP contribution in [0.2, 0.25) is 0 Å². The Kier molecular flexibility index (Phi) is 6.16. The van der Waals surface area contributed by atoms with E-state index >= 15 is 0 Å². The average molecular weight is 405 g/mol. The molecule has 1 unspecified atom stereocenters. The van der Waals surface area contributed by atoms with Crippen molar-refractivity contribution in [2.45, 2.75) is 12.6 Å². The maximum absolute atomic E-state index is 13.9.